The van der Waals surface area contributed by atoms with E-state index in [1.165, 1.54) is 5.01 Å². The predicted molar refractivity (Wildman–Crippen MR) is 108 cm³/mol. The molecule has 0 unspecified atom stereocenters. The third-order valence-corrected chi connectivity index (χ3v) is 5.31. The van der Waals surface area contributed by atoms with Gasteiger partial charge < -0.3 is 9.26 Å². The molecule has 2 aliphatic rings. The van der Waals surface area contributed by atoms with E-state index >= 15 is 0 Å². The first-order valence-electron chi connectivity index (χ1n) is 9.33. The number of hydrogen-bond acceptors (Lipinski definition) is 9. The minimum Gasteiger partial charge on any atom is -0.497 e. The van der Waals surface area contributed by atoms with Crippen LogP contribution in [0.2, 0.25) is 5.02 Å². The molecule has 11 heteroatoms. The molecule has 10 nitrogen and oxygen atoms in total. The lowest BCUT2D eigenvalue weighted by Crippen LogP contribution is -2.39. The maximum atomic E-state index is 13.0. The highest BCUT2D eigenvalue weighted by Gasteiger charge is 2.55. The van der Waals surface area contributed by atoms with Crippen molar-refractivity contribution in [2.75, 3.05) is 12.0 Å². The van der Waals surface area contributed by atoms with Gasteiger partial charge >= 0.3 is 0 Å². The van der Waals surface area contributed by atoms with Crippen LogP contribution >= 0.6 is 11.6 Å². The number of carbonyl (C=O) groups is 2. The standard InChI is InChI=1S/C20H15ClN6O4/c1-30-14-8-6-13(7-9-14)27-19(28)16-17(20(27)29)26(25-23-16)10-15-22-18(24-31-15)11-2-4-12(21)5-3-11/h2-9,16-17H,10H2,1H3/t16-,17+/m1/s1. The lowest BCUT2D eigenvalue weighted by atomic mass is 10.1. The largest absolute Gasteiger partial charge is 0.497 e. The van der Waals surface area contributed by atoms with Gasteiger partial charge in [-0.3, -0.25) is 14.6 Å². The zero-order chi connectivity index (χ0) is 21.5. The first-order valence-corrected chi connectivity index (χ1v) is 9.71. The van der Waals surface area contributed by atoms with Gasteiger partial charge in [-0.2, -0.15) is 10.1 Å². The highest BCUT2D eigenvalue weighted by atomic mass is 35.5. The molecule has 0 bridgehead atoms. The Hall–Kier alpha value is -3.79. The molecular weight excluding hydrogens is 424 g/mol. The van der Waals surface area contributed by atoms with Crippen molar-refractivity contribution < 1.29 is 18.8 Å². The lowest BCUT2D eigenvalue weighted by molar-refractivity contribution is -0.123. The number of anilines is 1. The van der Waals surface area contributed by atoms with Crippen LogP contribution in [-0.4, -0.2) is 46.2 Å². The van der Waals surface area contributed by atoms with Gasteiger partial charge in [0, 0.05) is 10.6 Å². The number of halogens is 1. The van der Waals surface area contributed by atoms with Crippen LogP contribution in [0.3, 0.4) is 0 Å². The van der Waals surface area contributed by atoms with Crippen molar-refractivity contribution in [3.63, 3.8) is 0 Å². The Labute approximate surface area is 181 Å². The quantitative estimate of drug-likeness (QED) is 0.562. The van der Waals surface area contributed by atoms with Crippen molar-refractivity contribution >= 4 is 29.1 Å². The molecule has 2 aromatic carbocycles. The van der Waals surface area contributed by atoms with E-state index in [1.54, 1.807) is 55.6 Å². The fourth-order valence-corrected chi connectivity index (χ4v) is 3.64. The summed E-state index contributed by atoms with van der Waals surface area (Å²) in [5.74, 6) is 0.402. The van der Waals surface area contributed by atoms with Gasteiger partial charge in [0.05, 0.1) is 12.8 Å². The zero-order valence-corrected chi connectivity index (χ0v) is 16.9. The molecule has 0 aliphatic carbocycles. The average molecular weight is 439 g/mol. The predicted octanol–water partition coefficient (Wildman–Crippen LogP) is 2.89. The summed E-state index contributed by atoms with van der Waals surface area (Å²) in [7, 11) is 1.54. The molecule has 3 heterocycles. The van der Waals surface area contributed by atoms with Gasteiger partial charge in [0.25, 0.3) is 11.8 Å². The number of amides is 2. The number of methoxy groups -OCH3 is 1. The van der Waals surface area contributed by atoms with Crippen molar-refractivity contribution in [3.8, 4) is 17.1 Å². The summed E-state index contributed by atoms with van der Waals surface area (Å²) >= 11 is 5.90. The monoisotopic (exact) mass is 438 g/mol. The number of ether oxygens (including phenoxy) is 1. The lowest BCUT2D eigenvalue weighted by Gasteiger charge is -2.19. The molecule has 1 fully saturated rings. The Morgan fingerprint density at radius 3 is 2.52 bits per heavy atom. The van der Waals surface area contributed by atoms with Crippen molar-refractivity contribution in [1.82, 2.24) is 15.1 Å². The van der Waals surface area contributed by atoms with Gasteiger partial charge in [-0.15, -0.1) is 0 Å². The van der Waals surface area contributed by atoms with E-state index in [9.17, 15) is 9.59 Å². The minimum atomic E-state index is -0.909. The molecule has 2 aliphatic heterocycles. The molecule has 156 valence electrons. The average Bonchev–Trinajstić information content (AvgIpc) is 3.47. The second kappa shape index (κ2) is 7.47. The summed E-state index contributed by atoms with van der Waals surface area (Å²) in [4.78, 5) is 31.3. The van der Waals surface area contributed by atoms with E-state index in [-0.39, 0.29) is 12.4 Å². The first kappa shape index (κ1) is 19.2. The third-order valence-electron chi connectivity index (χ3n) is 5.06. The SMILES string of the molecule is COc1ccc(N2C(=O)[C@@H]3[C@@H](N=NN3Cc3nc(-c4ccc(Cl)cc4)no3)C2=O)cc1. The number of hydrogen-bond donors (Lipinski definition) is 0. The Morgan fingerprint density at radius 1 is 1.06 bits per heavy atom. The summed E-state index contributed by atoms with van der Waals surface area (Å²) in [5.41, 5.74) is 1.18. The molecule has 1 saturated heterocycles. The van der Waals surface area contributed by atoms with Crippen LogP contribution in [0.15, 0.2) is 63.4 Å². The second-order valence-corrected chi connectivity index (χ2v) is 7.36. The number of fused-ring (bicyclic) bond motifs is 1. The van der Waals surface area contributed by atoms with Gasteiger partial charge in [-0.25, -0.2) is 4.90 Å². The molecule has 0 spiro atoms. The van der Waals surface area contributed by atoms with Crippen molar-refractivity contribution in [2.24, 2.45) is 10.3 Å². The molecule has 1 aromatic heterocycles. The van der Waals surface area contributed by atoms with E-state index in [4.69, 9.17) is 20.9 Å². The molecule has 3 aromatic rings. The summed E-state index contributed by atoms with van der Waals surface area (Å²) in [6, 6.07) is 11.9. The third kappa shape index (κ3) is 3.30. The number of rotatable bonds is 5. The fraction of sp³-hybridized carbons (Fsp3) is 0.200. The van der Waals surface area contributed by atoms with Crippen LogP contribution in [0.25, 0.3) is 11.4 Å². The molecule has 5 rings (SSSR count). The van der Waals surface area contributed by atoms with E-state index < -0.39 is 23.9 Å². The topological polar surface area (TPSA) is 113 Å². The fourth-order valence-electron chi connectivity index (χ4n) is 3.51. The highest BCUT2D eigenvalue weighted by molar-refractivity contribution is 6.30. The minimum absolute atomic E-state index is 0.0424. The van der Waals surface area contributed by atoms with Crippen LogP contribution in [0.4, 0.5) is 5.69 Å². The summed E-state index contributed by atoms with van der Waals surface area (Å²) < 4.78 is 10.4. The molecule has 31 heavy (non-hydrogen) atoms. The van der Waals surface area contributed by atoms with Gasteiger partial charge in [0.15, 0.2) is 12.1 Å². The van der Waals surface area contributed by atoms with E-state index in [2.05, 4.69) is 20.5 Å². The summed E-state index contributed by atoms with van der Waals surface area (Å²) in [5, 5.41) is 13.9. The van der Waals surface area contributed by atoms with Crippen LogP contribution in [-0.2, 0) is 16.1 Å². The molecule has 2 amide bonds. The Bertz CT molecular complexity index is 1180. The van der Waals surface area contributed by atoms with Crippen LogP contribution in [0, 0.1) is 0 Å². The second-order valence-electron chi connectivity index (χ2n) is 6.92. The molecular formula is C20H15ClN6O4. The van der Waals surface area contributed by atoms with Crippen LogP contribution in [0.1, 0.15) is 5.89 Å². The van der Waals surface area contributed by atoms with Gasteiger partial charge in [0.2, 0.25) is 11.7 Å². The Morgan fingerprint density at radius 2 is 1.81 bits per heavy atom. The maximum absolute atomic E-state index is 13.0. The van der Waals surface area contributed by atoms with E-state index in [1.807, 2.05) is 0 Å². The van der Waals surface area contributed by atoms with Crippen molar-refractivity contribution in [3.05, 3.63) is 59.4 Å². The van der Waals surface area contributed by atoms with E-state index in [0.29, 0.717) is 22.3 Å². The number of imide groups is 1. The normalized spacial score (nSPS) is 19.9. The Kier molecular flexibility index (Phi) is 4.63. The number of benzene rings is 2. The molecule has 0 saturated carbocycles. The van der Waals surface area contributed by atoms with Crippen molar-refractivity contribution in [1.29, 1.82) is 0 Å². The van der Waals surface area contributed by atoms with Gasteiger partial charge in [-0.1, -0.05) is 22.0 Å². The zero-order valence-electron chi connectivity index (χ0n) is 16.2. The summed E-state index contributed by atoms with van der Waals surface area (Å²) in [6.07, 6.45) is 0. The first-order chi connectivity index (χ1) is 15.0. The smallest absolute Gasteiger partial charge is 0.263 e. The molecule has 2 atom stereocenters. The van der Waals surface area contributed by atoms with E-state index in [0.717, 1.165) is 10.5 Å². The van der Waals surface area contributed by atoms with Gasteiger partial charge in [-0.05, 0) is 48.5 Å². The molecule has 0 radical (unpaired) electrons. The number of nitrogens with zero attached hydrogens (tertiary/aromatic N) is 6. The number of aromatic nitrogens is 2. The highest BCUT2D eigenvalue weighted by Crippen LogP contribution is 2.33. The maximum Gasteiger partial charge on any atom is 0.263 e. The van der Waals surface area contributed by atoms with Crippen LogP contribution < -0.4 is 9.64 Å². The van der Waals surface area contributed by atoms with Crippen molar-refractivity contribution in [2.45, 2.75) is 18.6 Å². The number of carbonyl (C=O) groups excluding carboxylic acids is 2. The van der Waals surface area contributed by atoms with Crippen LogP contribution in [0.5, 0.6) is 5.75 Å². The summed E-state index contributed by atoms with van der Waals surface area (Å²) in [6.45, 7) is 0.0424. The van der Waals surface area contributed by atoms with Gasteiger partial charge in [0.1, 0.15) is 12.3 Å². The Balaban J connectivity index is 1.34. The molecule has 0 N–H and O–H groups in total.